The summed E-state index contributed by atoms with van der Waals surface area (Å²) in [5.74, 6) is -0.258. The second-order valence-electron chi connectivity index (χ2n) is 15.0. The number of hydrogen-bond donors (Lipinski definition) is 1. The topological polar surface area (TPSA) is 60.0 Å². The van der Waals surface area contributed by atoms with Crippen molar-refractivity contribution in [3.05, 3.63) is 94.8 Å². The van der Waals surface area contributed by atoms with E-state index in [1.54, 1.807) is 0 Å². The Labute approximate surface area is 312 Å². The number of rotatable bonds is 15. The molecule has 1 aliphatic heterocycles. The van der Waals surface area contributed by atoms with Gasteiger partial charge in [0.25, 0.3) is 0 Å². The third kappa shape index (κ3) is 11.0. The summed E-state index contributed by atoms with van der Waals surface area (Å²) in [6, 6.07) is 17.7. The van der Waals surface area contributed by atoms with Crippen molar-refractivity contribution >= 4 is 30.8 Å². The molecule has 0 bridgehead atoms. The van der Waals surface area contributed by atoms with Crippen LogP contribution < -0.4 is 14.8 Å². The van der Waals surface area contributed by atoms with Gasteiger partial charge in [0.1, 0.15) is 23.9 Å². The highest BCUT2D eigenvalue weighted by molar-refractivity contribution is 5.85. The van der Waals surface area contributed by atoms with Crippen molar-refractivity contribution < 1.29 is 32.2 Å². The normalized spacial score (nSPS) is 20.5. The minimum absolute atomic E-state index is 0. The summed E-state index contributed by atoms with van der Waals surface area (Å²) in [6.45, 7) is 9.98. The van der Waals surface area contributed by atoms with Crippen LogP contribution in [0.3, 0.4) is 0 Å². The largest absolute Gasteiger partial charge is 0.492 e. The summed E-state index contributed by atoms with van der Waals surface area (Å²) < 4.78 is 58.8. The van der Waals surface area contributed by atoms with Crippen molar-refractivity contribution in [2.45, 2.75) is 83.4 Å². The predicted octanol–water partition coefficient (Wildman–Crippen LogP) is 8.46. The molecule has 3 fully saturated rings. The summed E-state index contributed by atoms with van der Waals surface area (Å²) in [4.78, 5) is 15.3. The van der Waals surface area contributed by atoms with Crippen LogP contribution in [0.25, 0.3) is 0 Å². The summed E-state index contributed by atoms with van der Waals surface area (Å²) in [5.41, 5.74) is 2.36. The molecule has 3 aromatic rings. The smallest absolute Gasteiger partial charge is 0.347 e. The van der Waals surface area contributed by atoms with Gasteiger partial charge < -0.3 is 19.5 Å². The van der Waals surface area contributed by atoms with E-state index in [4.69, 9.17) is 14.2 Å². The van der Waals surface area contributed by atoms with Crippen LogP contribution in [-0.2, 0) is 27.9 Å². The molecule has 1 saturated heterocycles. The molecule has 6 rings (SSSR count). The standard InChI is InChI=1S/C40H49F3N2O4.2ClH/c1-40(2,3)29-10-14-31(15-11-29)49-37(39(46)48-18-16-26-6-4-5-7-26)20-27-8-12-30(13-9-27)47-19-17-44-38-32-24-45(25-33(32)38)23-28-21-35(42)36(43)22-34(28)41;;/h8-15,21-22,26,32-33,37-38,44H,4-7,16-20,23-25H2,1-3H3;2*1H/t32-,33?,37-,38?;;/m0../s1. The second-order valence-corrected chi connectivity index (χ2v) is 15.0. The van der Waals surface area contributed by atoms with Crippen LogP contribution in [0.5, 0.6) is 11.5 Å². The van der Waals surface area contributed by atoms with E-state index in [1.165, 1.54) is 31.2 Å². The number of ether oxygens (including phenoxy) is 3. The number of nitrogens with one attached hydrogen (secondary N) is 1. The van der Waals surface area contributed by atoms with Crippen LogP contribution in [-0.4, -0.2) is 55.9 Å². The molecular formula is C40H51Cl2F3N2O4. The zero-order valence-corrected chi connectivity index (χ0v) is 31.3. The molecule has 6 nitrogen and oxygen atoms in total. The first-order valence-corrected chi connectivity index (χ1v) is 17.8. The zero-order valence-electron chi connectivity index (χ0n) is 29.7. The fourth-order valence-electron chi connectivity index (χ4n) is 7.39. The van der Waals surface area contributed by atoms with Gasteiger partial charge >= 0.3 is 5.97 Å². The van der Waals surface area contributed by atoms with Gasteiger partial charge in [-0.3, -0.25) is 4.90 Å². The third-order valence-corrected chi connectivity index (χ3v) is 10.4. The van der Waals surface area contributed by atoms with Crippen molar-refractivity contribution in [2.75, 3.05) is 32.8 Å². The number of hydrogen-bond acceptors (Lipinski definition) is 6. The molecule has 2 unspecified atom stereocenters. The molecular weight excluding hydrogens is 700 g/mol. The van der Waals surface area contributed by atoms with Gasteiger partial charge in [-0.25, -0.2) is 18.0 Å². The van der Waals surface area contributed by atoms with Crippen molar-refractivity contribution in [3.8, 4) is 11.5 Å². The quantitative estimate of drug-likeness (QED) is 0.0956. The highest BCUT2D eigenvalue weighted by Gasteiger charge is 2.55. The number of carbonyl (C=O) groups is 1. The average Bonchev–Trinajstić information content (AvgIpc) is 3.40. The number of fused-ring (bicyclic) bond motifs is 1. The van der Waals surface area contributed by atoms with Gasteiger partial charge in [-0.15, -0.1) is 24.8 Å². The van der Waals surface area contributed by atoms with E-state index in [2.05, 4.69) is 31.0 Å². The second kappa shape index (κ2) is 18.2. The van der Waals surface area contributed by atoms with Crippen LogP contribution in [0.1, 0.15) is 69.6 Å². The van der Waals surface area contributed by atoms with Crippen LogP contribution in [0.15, 0.2) is 60.7 Å². The van der Waals surface area contributed by atoms with Gasteiger partial charge in [-0.1, -0.05) is 70.7 Å². The lowest BCUT2D eigenvalue weighted by Crippen LogP contribution is -2.33. The molecule has 51 heavy (non-hydrogen) atoms. The van der Waals surface area contributed by atoms with Crippen molar-refractivity contribution in [2.24, 2.45) is 17.8 Å². The fraction of sp³-hybridized carbons (Fsp3) is 0.525. The molecule has 11 heteroatoms. The van der Waals surface area contributed by atoms with Crippen molar-refractivity contribution in [1.29, 1.82) is 0 Å². The highest BCUT2D eigenvalue weighted by Crippen LogP contribution is 2.46. The molecule has 2 aliphatic carbocycles. The van der Waals surface area contributed by atoms with Gasteiger partial charge in [0, 0.05) is 50.3 Å². The summed E-state index contributed by atoms with van der Waals surface area (Å²) in [5, 5.41) is 3.56. The molecule has 1 heterocycles. The molecule has 3 aromatic carbocycles. The Morgan fingerprint density at radius 2 is 1.49 bits per heavy atom. The highest BCUT2D eigenvalue weighted by atomic mass is 35.5. The van der Waals surface area contributed by atoms with E-state index < -0.39 is 23.6 Å². The van der Waals surface area contributed by atoms with E-state index in [-0.39, 0.29) is 48.3 Å². The lowest BCUT2D eigenvalue weighted by molar-refractivity contribution is -0.152. The van der Waals surface area contributed by atoms with Crippen LogP contribution in [0.4, 0.5) is 13.2 Å². The number of benzene rings is 3. The lowest BCUT2D eigenvalue weighted by Gasteiger charge is -2.21. The van der Waals surface area contributed by atoms with Gasteiger partial charge in [-0.05, 0) is 71.0 Å². The summed E-state index contributed by atoms with van der Waals surface area (Å²) >= 11 is 0. The number of nitrogens with zero attached hydrogens (tertiary/aromatic N) is 1. The molecule has 3 aliphatic rings. The number of likely N-dealkylation sites (tertiary alicyclic amines) is 1. The molecule has 4 atom stereocenters. The molecule has 2 saturated carbocycles. The number of piperidine rings is 1. The lowest BCUT2D eigenvalue weighted by atomic mass is 9.87. The Bertz CT molecular complexity index is 1550. The monoisotopic (exact) mass is 750 g/mol. The number of carbonyl (C=O) groups excluding carboxylic acids is 1. The predicted molar refractivity (Wildman–Crippen MR) is 198 cm³/mol. The molecule has 0 radical (unpaired) electrons. The maximum atomic E-state index is 14.0. The Balaban J connectivity index is 0.00000292. The van der Waals surface area contributed by atoms with E-state index in [1.807, 2.05) is 48.5 Å². The maximum absolute atomic E-state index is 14.0. The van der Waals surface area contributed by atoms with E-state index in [0.29, 0.717) is 61.8 Å². The Kier molecular flexibility index (Phi) is 14.5. The summed E-state index contributed by atoms with van der Waals surface area (Å²) in [6.07, 6.45) is 5.50. The molecule has 1 N–H and O–H groups in total. The SMILES string of the molecule is CC(C)(C)c1ccc(O[C@@H](Cc2ccc(OCCNC3C4CN(Cc5cc(F)c(F)cc5F)C[C@@H]43)cc2)C(=O)OCCC2CCCC2)cc1.Cl.Cl. The first-order chi connectivity index (χ1) is 23.5. The van der Waals surface area contributed by atoms with Crippen LogP contribution >= 0.6 is 24.8 Å². The Hall–Kier alpha value is -2.98. The van der Waals surface area contributed by atoms with Crippen molar-refractivity contribution in [3.63, 3.8) is 0 Å². The first-order valence-electron chi connectivity index (χ1n) is 17.8. The van der Waals surface area contributed by atoms with Crippen LogP contribution in [0, 0.1) is 35.2 Å². The third-order valence-electron chi connectivity index (χ3n) is 10.4. The molecule has 0 aromatic heterocycles. The Morgan fingerprint density at radius 1 is 0.863 bits per heavy atom. The van der Waals surface area contributed by atoms with Gasteiger partial charge in [0.15, 0.2) is 17.7 Å². The van der Waals surface area contributed by atoms with Gasteiger partial charge in [-0.2, -0.15) is 0 Å². The minimum Gasteiger partial charge on any atom is -0.492 e. The first kappa shape index (κ1) is 40.8. The number of halogens is 5. The molecule has 0 amide bonds. The zero-order chi connectivity index (χ0) is 34.5. The van der Waals surface area contributed by atoms with E-state index in [0.717, 1.165) is 36.9 Å². The van der Waals surface area contributed by atoms with Gasteiger partial charge in [0.2, 0.25) is 0 Å². The van der Waals surface area contributed by atoms with Crippen molar-refractivity contribution in [1.82, 2.24) is 10.2 Å². The Morgan fingerprint density at radius 3 is 2.14 bits per heavy atom. The van der Waals surface area contributed by atoms with E-state index >= 15 is 0 Å². The van der Waals surface area contributed by atoms with Crippen LogP contribution in [0.2, 0.25) is 0 Å². The average molecular weight is 752 g/mol. The number of esters is 1. The fourth-order valence-corrected chi connectivity index (χ4v) is 7.39. The maximum Gasteiger partial charge on any atom is 0.347 e. The van der Waals surface area contributed by atoms with Gasteiger partial charge in [0.05, 0.1) is 6.61 Å². The summed E-state index contributed by atoms with van der Waals surface area (Å²) in [7, 11) is 0. The van der Waals surface area contributed by atoms with E-state index in [9.17, 15) is 18.0 Å². The minimum atomic E-state index is -1.16. The molecule has 280 valence electrons. The molecule has 0 spiro atoms.